The number of rotatable bonds is 5. The molecule has 30 heavy (non-hydrogen) atoms. The Kier molecular flexibility index (Phi) is 6.10. The number of amides is 3. The first-order valence-electron chi connectivity index (χ1n) is 10.9. The van der Waals surface area contributed by atoms with Crippen LogP contribution in [0.15, 0.2) is 0 Å². The number of carbonyl (C=O) groups excluding carboxylic acids is 2. The molecular formula is C20H31Cl2N3O4S. The molecule has 1 heterocycles. The fourth-order valence-corrected chi connectivity index (χ4v) is 8.35. The zero-order chi connectivity index (χ0) is 21.8. The summed E-state index contributed by atoms with van der Waals surface area (Å²) in [6.45, 7) is 2.42. The Morgan fingerprint density at radius 2 is 1.70 bits per heavy atom. The van der Waals surface area contributed by atoms with Crippen LogP contribution < -0.4 is 4.72 Å². The van der Waals surface area contributed by atoms with Gasteiger partial charge in [0.25, 0.3) is 0 Å². The Hall–Kier alpha value is -0.570. The molecule has 1 aliphatic heterocycles. The van der Waals surface area contributed by atoms with E-state index >= 15 is 0 Å². The van der Waals surface area contributed by atoms with Crippen LogP contribution in [0, 0.1) is 11.8 Å². The van der Waals surface area contributed by atoms with Gasteiger partial charge >= 0.3 is 6.03 Å². The molecule has 5 unspecified atom stereocenters. The normalized spacial score (nSPS) is 39.1. The van der Waals surface area contributed by atoms with Gasteiger partial charge in [-0.25, -0.2) is 17.9 Å². The van der Waals surface area contributed by atoms with Crippen LogP contribution in [0.25, 0.3) is 0 Å². The maximum atomic E-state index is 12.9. The van der Waals surface area contributed by atoms with Gasteiger partial charge in [0, 0.05) is 35.9 Å². The Bertz CT molecular complexity index is 809. The zero-order valence-corrected chi connectivity index (χ0v) is 19.8. The summed E-state index contributed by atoms with van der Waals surface area (Å²) >= 11 is 12.7. The molecule has 1 saturated heterocycles. The lowest BCUT2D eigenvalue weighted by molar-refractivity contribution is -0.139. The summed E-state index contributed by atoms with van der Waals surface area (Å²) < 4.78 is 28.6. The SMILES string of the molecule is CN1C(=O)C2CC(S(=O)(=O)NC3(C)CC3)CCC2N(CC2CC(Cl)CC(Cl)C2)C1=O. The fourth-order valence-electron chi connectivity index (χ4n) is 5.36. The highest BCUT2D eigenvalue weighted by Crippen LogP contribution is 2.41. The van der Waals surface area contributed by atoms with Crippen molar-refractivity contribution >= 4 is 45.2 Å². The number of nitrogens with zero attached hydrogens (tertiary/aromatic N) is 2. The van der Waals surface area contributed by atoms with Crippen LogP contribution in [0.1, 0.15) is 58.3 Å². The van der Waals surface area contributed by atoms with Crippen LogP contribution in [0.4, 0.5) is 4.79 Å². The van der Waals surface area contributed by atoms with Crippen LogP contribution in [-0.2, 0) is 14.8 Å². The van der Waals surface area contributed by atoms with Gasteiger partial charge in [-0.2, -0.15) is 0 Å². The molecule has 3 amide bonds. The number of hydrogen-bond donors (Lipinski definition) is 1. The minimum atomic E-state index is -3.50. The van der Waals surface area contributed by atoms with Gasteiger partial charge in [-0.1, -0.05) is 0 Å². The predicted octanol–water partition coefficient (Wildman–Crippen LogP) is 2.90. The topological polar surface area (TPSA) is 86.8 Å². The van der Waals surface area contributed by atoms with Crippen molar-refractivity contribution in [1.82, 2.24) is 14.5 Å². The average molecular weight is 480 g/mol. The Labute approximate surface area is 188 Å². The van der Waals surface area contributed by atoms with Gasteiger partial charge in [-0.3, -0.25) is 9.69 Å². The van der Waals surface area contributed by atoms with Crippen LogP contribution in [0.5, 0.6) is 0 Å². The first kappa shape index (κ1) is 22.6. The van der Waals surface area contributed by atoms with Gasteiger partial charge < -0.3 is 4.90 Å². The van der Waals surface area contributed by atoms with E-state index in [9.17, 15) is 18.0 Å². The summed E-state index contributed by atoms with van der Waals surface area (Å²) in [6, 6.07) is -0.553. The summed E-state index contributed by atoms with van der Waals surface area (Å²) in [5, 5.41) is -0.605. The number of nitrogens with one attached hydrogen (secondary N) is 1. The summed E-state index contributed by atoms with van der Waals surface area (Å²) in [5.74, 6) is -0.571. The Morgan fingerprint density at radius 3 is 2.30 bits per heavy atom. The second-order valence-corrected chi connectivity index (χ2v) is 13.1. The zero-order valence-electron chi connectivity index (χ0n) is 17.5. The summed E-state index contributed by atoms with van der Waals surface area (Å²) in [5.41, 5.74) is -0.331. The molecule has 0 spiro atoms. The van der Waals surface area contributed by atoms with E-state index in [2.05, 4.69) is 4.72 Å². The average Bonchev–Trinajstić information content (AvgIpc) is 3.38. The van der Waals surface area contributed by atoms with Gasteiger partial charge in [-0.15, -0.1) is 23.2 Å². The molecule has 4 fully saturated rings. The number of carbonyl (C=O) groups is 2. The van der Waals surface area contributed by atoms with Crippen molar-refractivity contribution in [2.75, 3.05) is 13.6 Å². The van der Waals surface area contributed by atoms with Crippen molar-refractivity contribution in [3.8, 4) is 0 Å². The molecule has 5 atom stereocenters. The molecule has 0 aromatic carbocycles. The number of alkyl halides is 2. The highest BCUT2D eigenvalue weighted by Gasteiger charge is 2.51. The van der Waals surface area contributed by atoms with Crippen molar-refractivity contribution in [3.63, 3.8) is 0 Å². The second-order valence-electron chi connectivity index (χ2n) is 9.92. The number of hydrogen-bond acceptors (Lipinski definition) is 4. The Balaban J connectivity index is 1.50. The van der Waals surface area contributed by atoms with Crippen LogP contribution >= 0.6 is 23.2 Å². The maximum Gasteiger partial charge on any atom is 0.326 e. The first-order valence-corrected chi connectivity index (χ1v) is 13.3. The van der Waals surface area contributed by atoms with Crippen molar-refractivity contribution < 1.29 is 18.0 Å². The van der Waals surface area contributed by atoms with Crippen LogP contribution in [0.2, 0.25) is 0 Å². The monoisotopic (exact) mass is 479 g/mol. The summed E-state index contributed by atoms with van der Waals surface area (Å²) in [4.78, 5) is 28.8. The van der Waals surface area contributed by atoms with Crippen LogP contribution in [0.3, 0.4) is 0 Å². The quantitative estimate of drug-likeness (QED) is 0.614. The van der Waals surface area contributed by atoms with Gasteiger partial charge in [0.2, 0.25) is 15.9 Å². The second kappa shape index (κ2) is 8.09. The van der Waals surface area contributed by atoms with E-state index in [0.717, 1.165) is 37.0 Å². The molecule has 0 radical (unpaired) electrons. The van der Waals surface area contributed by atoms with Crippen molar-refractivity contribution in [1.29, 1.82) is 0 Å². The van der Waals surface area contributed by atoms with Gasteiger partial charge in [0.05, 0.1) is 11.2 Å². The molecule has 170 valence electrons. The van der Waals surface area contributed by atoms with Crippen molar-refractivity contribution in [3.05, 3.63) is 0 Å². The largest absolute Gasteiger partial charge is 0.326 e. The maximum absolute atomic E-state index is 12.9. The minimum Gasteiger partial charge on any atom is -0.320 e. The van der Waals surface area contributed by atoms with E-state index in [4.69, 9.17) is 23.2 Å². The van der Waals surface area contributed by atoms with E-state index in [1.54, 1.807) is 4.90 Å². The van der Waals surface area contributed by atoms with E-state index in [1.807, 2.05) is 6.92 Å². The molecule has 3 saturated carbocycles. The minimum absolute atomic E-state index is 0.00274. The molecule has 0 bridgehead atoms. The van der Waals surface area contributed by atoms with Crippen LogP contribution in [-0.4, -0.2) is 71.3 Å². The molecule has 1 N–H and O–H groups in total. The Morgan fingerprint density at radius 1 is 1.07 bits per heavy atom. The molecule has 10 heteroatoms. The summed E-state index contributed by atoms with van der Waals surface area (Å²) in [6.07, 6.45) is 5.27. The van der Waals surface area contributed by atoms with Gasteiger partial charge in [0.15, 0.2) is 0 Å². The number of urea groups is 1. The smallest absolute Gasteiger partial charge is 0.320 e. The van der Waals surface area contributed by atoms with E-state index in [0.29, 0.717) is 19.4 Å². The van der Waals surface area contributed by atoms with Gasteiger partial charge in [-0.05, 0) is 64.2 Å². The third-order valence-electron chi connectivity index (χ3n) is 7.32. The summed E-state index contributed by atoms with van der Waals surface area (Å²) in [7, 11) is -2.01. The number of halogens is 2. The van der Waals surface area contributed by atoms with E-state index < -0.39 is 21.2 Å². The lowest BCUT2D eigenvalue weighted by Crippen LogP contribution is -2.64. The van der Waals surface area contributed by atoms with Gasteiger partial charge in [0.1, 0.15) is 0 Å². The number of fused-ring (bicyclic) bond motifs is 1. The molecule has 4 rings (SSSR count). The van der Waals surface area contributed by atoms with E-state index in [1.165, 1.54) is 7.05 Å². The predicted molar refractivity (Wildman–Crippen MR) is 116 cm³/mol. The molecule has 4 aliphatic rings. The first-order chi connectivity index (χ1) is 14.0. The third-order valence-corrected chi connectivity index (χ3v) is 10.1. The lowest BCUT2D eigenvalue weighted by Gasteiger charge is -2.48. The highest BCUT2D eigenvalue weighted by molar-refractivity contribution is 7.90. The molecule has 3 aliphatic carbocycles. The highest BCUT2D eigenvalue weighted by atomic mass is 35.5. The lowest BCUT2D eigenvalue weighted by atomic mass is 9.79. The van der Waals surface area contributed by atoms with Crippen molar-refractivity contribution in [2.24, 2.45) is 11.8 Å². The molecule has 0 aromatic rings. The number of imide groups is 1. The molecule has 7 nitrogen and oxygen atoms in total. The van der Waals surface area contributed by atoms with E-state index in [-0.39, 0.29) is 46.6 Å². The standard InChI is InChI=1S/C20H31Cl2N3O4S/c1-20(5-6-20)23-30(28,29)15-3-4-17-16(10-15)18(26)24(2)19(27)25(17)11-12-7-13(21)9-14(22)8-12/h12-17,23H,3-11H2,1-2H3. The molecule has 0 aromatic heterocycles. The van der Waals surface area contributed by atoms with Crippen molar-refractivity contribution in [2.45, 2.75) is 85.9 Å². The fraction of sp³-hybridized carbons (Fsp3) is 0.900. The molecular weight excluding hydrogens is 449 g/mol. The third kappa shape index (κ3) is 4.48. The number of sulfonamides is 1.